The van der Waals surface area contributed by atoms with Crippen molar-refractivity contribution in [1.82, 2.24) is 19.2 Å². The fourth-order valence-electron chi connectivity index (χ4n) is 4.89. The second-order valence-corrected chi connectivity index (χ2v) is 9.26. The summed E-state index contributed by atoms with van der Waals surface area (Å²) < 4.78 is 4.10. The second kappa shape index (κ2) is 9.06. The van der Waals surface area contributed by atoms with Gasteiger partial charge >= 0.3 is 6.03 Å². The Balaban J connectivity index is 1.55. The fraction of sp³-hybridized carbons (Fsp3) is 0.103. The molecule has 2 amide bonds. The van der Waals surface area contributed by atoms with Crippen molar-refractivity contribution in [2.75, 3.05) is 5.32 Å². The highest BCUT2D eigenvalue weighted by molar-refractivity contribution is 6.30. The number of hydrogen-bond donors (Lipinski definition) is 1. The predicted octanol–water partition coefficient (Wildman–Crippen LogP) is 6.76. The number of urea groups is 1. The van der Waals surface area contributed by atoms with Crippen molar-refractivity contribution in [2.45, 2.75) is 19.5 Å². The number of carbonyl (C=O) groups is 1. The predicted molar refractivity (Wildman–Crippen MR) is 142 cm³/mol. The summed E-state index contributed by atoms with van der Waals surface area (Å²) in [6.07, 6.45) is 2.03. The first kappa shape index (κ1) is 22.2. The van der Waals surface area contributed by atoms with Crippen molar-refractivity contribution < 1.29 is 4.79 Å². The highest BCUT2D eigenvalue weighted by Gasteiger charge is 2.36. The number of fused-ring (bicyclic) bond motifs is 3. The van der Waals surface area contributed by atoms with Crippen LogP contribution in [0.5, 0.6) is 0 Å². The van der Waals surface area contributed by atoms with E-state index < -0.39 is 0 Å². The van der Waals surface area contributed by atoms with Crippen LogP contribution in [0.3, 0.4) is 0 Å². The topological polar surface area (TPSA) is 55.1 Å². The Morgan fingerprint density at radius 3 is 2.44 bits per heavy atom. The molecule has 1 aliphatic heterocycles. The lowest BCUT2D eigenvalue weighted by atomic mass is 10.0. The lowest BCUT2D eigenvalue weighted by molar-refractivity contribution is 0.194. The molecule has 5 aromatic rings. The van der Waals surface area contributed by atoms with Crippen LogP contribution in [0.4, 0.5) is 10.5 Å². The Morgan fingerprint density at radius 1 is 0.944 bits per heavy atom. The molecule has 0 radical (unpaired) electrons. The van der Waals surface area contributed by atoms with Crippen molar-refractivity contribution >= 4 is 23.3 Å². The molecule has 1 aliphatic rings. The van der Waals surface area contributed by atoms with E-state index in [2.05, 4.69) is 16.0 Å². The number of halogens is 1. The first-order chi connectivity index (χ1) is 17.6. The van der Waals surface area contributed by atoms with Gasteiger partial charge in [-0.3, -0.25) is 0 Å². The van der Waals surface area contributed by atoms with Gasteiger partial charge in [-0.15, -0.1) is 0 Å². The molecule has 7 heteroatoms. The molecule has 1 atom stereocenters. The van der Waals surface area contributed by atoms with Crippen molar-refractivity contribution in [2.24, 2.45) is 0 Å². The van der Waals surface area contributed by atoms with E-state index in [4.69, 9.17) is 16.7 Å². The van der Waals surface area contributed by atoms with Crippen LogP contribution in [0.2, 0.25) is 5.02 Å². The van der Waals surface area contributed by atoms with Crippen LogP contribution in [0, 0.1) is 6.92 Å². The quantitative estimate of drug-likeness (QED) is 0.302. The summed E-state index contributed by atoms with van der Waals surface area (Å²) in [6, 6.07) is 30.8. The third-order valence-corrected chi connectivity index (χ3v) is 6.77. The lowest BCUT2D eigenvalue weighted by Gasteiger charge is -2.31. The van der Waals surface area contributed by atoms with Gasteiger partial charge in [0.25, 0.3) is 0 Å². The van der Waals surface area contributed by atoms with Gasteiger partial charge in [-0.25, -0.2) is 9.48 Å². The molecule has 6 rings (SSSR count). The van der Waals surface area contributed by atoms with Gasteiger partial charge in [0.15, 0.2) is 0 Å². The maximum absolute atomic E-state index is 13.9. The van der Waals surface area contributed by atoms with E-state index in [0.717, 1.165) is 39.7 Å². The number of aryl methyl sites for hydroxylation is 1. The van der Waals surface area contributed by atoms with E-state index in [9.17, 15) is 4.79 Å². The monoisotopic (exact) mass is 493 g/mol. The molecule has 36 heavy (non-hydrogen) atoms. The largest absolute Gasteiger partial charge is 0.322 e. The normalized spacial score (nSPS) is 14.6. The summed E-state index contributed by atoms with van der Waals surface area (Å²) in [4.78, 5) is 15.7. The van der Waals surface area contributed by atoms with Gasteiger partial charge in [0.1, 0.15) is 5.82 Å². The number of amides is 2. The third kappa shape index (κ3) is 3.85. The molecule has 0 unspecified atom stereocenters. The summed E-state index contributed by atoms with van der Waals surface area (Å²) in [5.74, 6) is 0.931. The van der Waals surface area contributed by atoms with Crippen molar-refractivity contribution in [3.63, 3.8) is 0 Å². The number of anilines is 1. The van der Waals surface area contributed by atoms with E-state index in [1.54, 1.807) is 0 Å². The summed E-state index contributed by atoms with van der Waals surface area (Å²) in [5, 5.41) is 8.60. The zero-order valence-corrected chi connectivity index (χ0v) is 20.4. The second-order valence-electron chi connectivity index (χ2n) is 8.82. The summed E-state index contributed by atoms with van der Waals surface area (Å²) in [5.41, 5.74) is 5.46. The van der Waals surface area contributed by atoms with E-state index in [1.807, 2.05) is 114 Å². The molecule has 6 nitrogen and oxygen atoms in total. The molecule has 0 saturated heterocycles. The van der Waals surface area contributed by atoms with E-state index >= 15 is 0 Å². The minimum atomic E-state index is -0.363. The van der Waals surface area contributed by atoms with Crippen LogP contribution in [0.15, 0.2) is 103 Å². The molecule has 0 spiro atoms. The summed E-state index contributed by atoms with van der Waals surface area (Å²) in [6.45, 7) is 2.37. The number of hydrogen-bond acceptors (Lipinski definition) is 2. The number of para-hydroxylation sites is 2. The minimum Gasteiger partial charge on any atom is -0.308 e. The minimum absolute atomic E-state index is 0.196. The molecule has 178 valence electrons. The number of nitrogens with zero attached hydrogens (tertiary/aromatic N) is 4. The van der Waals surface area contributed by atoms with Gasteiger partial charge in [-0.1, -0.05) is 60.1 Å². The molecular weight excluding hydrogens is 470 g/mol. The van der Waals surface area contributed by atoms with E-state index in [0.29, 0.717) is 11.6 Å². The molecule has 3 aromatic carbocycles. The average Bonchev–Trinajstić information content (AvgIpc) is 3.45. The number of nitrogens with one attached hydrogen (secondary N) is 1. The van der Waals surface area contributed by atoms with Gasteiger partial charge in [-0.05, 0) is 61.0 Å². The fourth-order valence-corrected chi connectivity index (χ4v) is 5.09. The SMILES string of the molecule is Cc1nn(-c2ccccc2)c2c1CN(C(=O)Nc1ccccc1)[C@H](c1cccc(Cl)c1)c1cccn1-2. The number of benzene rings is 3. The Labute approximate surface area is 214 Å². The third-order valence-electron chi connectivity index (χ3n) is 6.54. The van der Waals surface area contributed by atoms with E-state index in [1.165, 1.54) is 0 Å². The molecule has 0 saturated carbocycles. The van der Waals surface area contributed by atoms with E-state index in [-0.39, 0.29) is 12.1 Å². The van der Waals surface area contributed by atoms with Crippen molar-refractivity contribution in [1.29, 1.82) is 0 Å². The van der Waals surface area contributed by atoms with Crippen molar-refractivity contribution in [3.05, 3.63) is 131 Å². The highest BCUT2D eigenvalue weighted by atomic mass is 35.5. The van der Waals surface area contributed by atoms with Crippen LogP contribution in [0.1, 0.15) is 28.6 Å². The zero-order valence-electron chi connectivity index (χ0n) is 19.7. The molecule has 2 aromatic heterocycles. The standard InChI is InChI=1S/C29H24ClN5O/c1-20-25-19-34(29(36)31-23-12-4-2-5-13-23)27(21-10-8-11-22(30)18-21)26-16-9-17-33(26)28(25)35(32-20)24-14-6-3-7-15-24/h2-18,27H,19H2,1H3,(H,31,36)/t27-/m1/s1. The summed E-state index contributed by atoms with van der Waals surface area (Å²) >= 11 is 6.42. The molecule has 0 fully saturated rings. The van der Waals surface area contributed by atoms with Crippen molar-refractivity contribution in [3.8, 4) is 11.5 Å². The number of carbonyl (C=O) groups excluding carboxylic acids is 1. The van der Waals surface area contributed by atoms with Crippen LogP contribution < -0.4 is 5.32 Å². The van der Waals surface area contributed by atoms with Gasteiger partial charge in [0.05, 0.1) is 29.7 Å². The van der Waals surface area contributed by atoms with Gasteiger partial charge in [-0.2, -0.15) is 5.10 Å². The number of rotatable bonds is 3. The molecule has 1 N–H and O–H groups in total. The maximum atomic E-state index is 13.9. The summed E-state index contributed by atoms with van der Waals surface area (Å²) in [7, 11) is 0. The van der Waals surface area contributed by atoms with Crippen LogP contribution in [-0.4, -0.2) is 25.3 Å². The average molecular weight is 494 g/mol. The van der Waals surface area contributed by atoms with Crippen LogP contribution in [-0.2, 0) is 6.54 Å². The Kier molecular flexibility index (Phi) is 5.58. The van der Waals surface area contributed by atoms with Gasteiger partial charge in [0.2, 0.25) is 0 Å². The highest BCUT2D eigenvalue weighted by Crippen LogP contribution is 2.39. The molecule has 0 aliphatic carbocycles. The molecule has 3 heterocycles. The number of aromatic nitrogens is 3. The molecular formula is C29H24ClN5O. The van der Waals surface area contributed by atoms with Crippen LogP contribution in [0.25, 0.3) is 11.5 Å². The molecule has 0 bridgehead atoms. The first-order valence-corrected chi connectivity index (χ1v) is 12.2. The Morgan fingerprint density at radius 2 is 1.69 bits per heavy atom. The Bertz CT molecular complexity index is 1540. The first-order valence-electron chi connectivity index (χ1n) is 11.8. The Hall–Kier alpha value is -4.29. The van der Waals surface area contributed by atoms with Crippen LogP contribution >= 0.6 is 11.6 Å². The zero-order chi connectivity index (χ0) is 24.6. The van der Waals surface area contributed by atoms with Gasteiger partial charge < -0.3 is 14.8 Å². The van der Waals surface area contributed by atoms with Gasteiger partial charge in [0, 0.05) is 22.5 Å². The smallest absolute Gasteiger partial charge is 0.308 e. The lowest BCUT2D eigenvalue weighted by Crippen LogP contribution is -2.38. The maximum Gasteiger partial charge on any atom is 0.322 e.